The minimum absolute atomic E-state index is 0.0946. The average molecular weight is 272 g/mol. The maximum absolute atomic E-state index is 12.2. The van der Waals surface area contributed by atoms with Crippen molar-refractivity contribution in [3.63, 3.8) is 0 Å². The number of amides is 1. The first-order valence-corrected chi connectivity index (χ1v) is 7.09. The van der Waals surface area contributed by atoms with E-state index in [0.29, 0.717) is 11.7 Å². The molecule has 20 heavy (non-hydrogen) atoms. The molecule has 1 fully saturated rings. The topological polar surface area (TPSA) is 66.0 Å². The fraction of sp³-hybridized carbons (Fsp3) is 0.500. The Morgan fingerprint density at radius 3 is 2.80 bits per heavy atom. The summed E-state index contributed by atoms with van der Waals surface area (Å²) < 4.78 is 5.37. The summed E-state index contributed by atoms with van der Waals surface area (Å²) in [5, 5.41) is 12.1. The maximum atomic E-state index is 12.2. The second kappa shape index (κ2) is 6.42. The van der Waals surface area contributed by atoms with Gasteiger partial charge in [0.15, 0.2) is 0 Å². The number of nitrogens with zero attached hydrogens (tertiary/aromatic N) is 1. The van der Waals surface area contributed by atoms with Crippen LogP contribution in [0.5, 0.6) is 0 Å². The van der Waals surface area contributed by atoms with Gasteiger partial charge in [-0.3, -0.25) is 4.79 Å². The monoisotopic (exact) mass is 272 g/mol. The number of hydrogen-bond acceptors (Lipinski definition) is 3. The molecule has 0 aliphatic heterocycles. The first kappa shape index (κ1) is 14.4. The molecule has 1 aliphatic rings. The summed E-state index contributed by atoms with van der Waals surface area (Å²) in [6.07, 6.45) is 5.98. The molecular weight excluding hydrogens is 252 g/mol. The lowest BCUT2D eigenvalue weighted by atomic mass is 9.86. The van der Waals surface area contributed by atoms with Crippen molar-refractivity contribution >= 4 is 12.0 Å². The molecule has 1 aromatic heterocycles. The number of carbonyl (C=O) groups is 1. The van der Waals surface area contributed by atoms with Gasteiger partial charge in [0.1, 0.15) is 23.2 Å². The van der Waals surface area contributed by atoms with Gasteiger partial charge in [-0.1, -0.05) is 19.8 Å². The molecular formula is C16H20N2O2. The Morgan fingerprint density at radius 2 is 2.20 bits per heavy atom. The Morgan fingerprint density at radius 1 is 1.45 bits per heavy atom. The van der Waals surface area contributed by atoms with Crippen molar-refractivity contribution in [1.82, 2.24) is 5.32 Å². The van der Waals surface area contributed by atoms with E-state index in [0.717, 1.165) is 25.0 Å². The summed E-state index contributed by atoms with van der Waals surface area (Å²) in [5.41, 5.74) is 0.0946. The zero-order chi connectivity index (χ0) is 14.5. The van der Waals surface area contributed by atoms with Crippen LogP contribution >= 0.6 is 0 Å². The van der Waals surface area contributed by atoms with E-state index >= 15 is 0 Å². The highest BCUT2D eigenvalue weighted by molar-refractivity contribution is 6.01. The molecule has 1 saturated carbocycles. The molecule has 0 spiro atoms. The van der Waals surface area contributed by atoms with Gasteiger partial charge in [-0.05, 0) is 37.8 Å². The van der Waals surface area contributed by atoms with Gasteiger partial charge in [0.05, 0.1) is 0 Å². The fourth-order valence-corrected chi connectivity index (χ4v) is 2.60. The first-order chi connectivity index (χ1) is 9.60. The van der Waals surface area contributed by atoms with Crippen molar-refractivity contribution in [2.75, 3.05) is 0 Å². The molecule has 0 aromatic carbocycles. The highest BCUT2D eigenvalue weighted by atomic mass is 16.3. The van der Waals surface area contributed by atoms with Crippen LogP contribution < -0.4 is 5.32 Å². The predicted molar refractivity (Wildman–Crippen MR) is 76.6 cm³/mol. The minimum atomic E-state index is -0.305. The van der Waals surface area contributed by atoms with Crippen molar-refractivity contribution in [3.05, 3.63) is 29.2 Å². The lowest BCUT2D eigenvalue weighted by Crippen LogP contribution is -2.41. The van der Waals surface area contributed by atoms with Gasteiger partial charge in [-0.25, -0.2) is 0 Å². The van der Waals surface area contributed by atoms with E-state index in [4.69, 9.17) is 9.68 Å². The van der Waals surface area contributed by atoms with E-state index in [9.17, 15) is 4.79 Å². The van der Waals surface area contributed by atoms with Crippen molar-refractivity contribution in [1.29, 1.82) is 5.26 Å². The zero-order valence-electron chi connectivity index (χ0n) is 12.0. The van der Waals surface area contributed by atoms with E-state index in [1.165, 1.54) is 12.5 Å². The molecule has 2 rings (SSSR count). The third-order valence-electron chi connectivity index (χ3n) is 3.84. The Labute approximate surface area is 119 Å². The van der Waals surface area contributed by atoms with Crippen LogP contribution in [0.15, 0.2) is 22.1 Å². The van der Waals surface area contributed by atoms with Crippen LogP contribution in [-0.4, -0.2) is 11.9 Å². The average Bonchev–Trinajstić information content (AvgIpc) is 2.84. The smallest absolute Gasteiger partial charge is 0.262 e. The molecule has 0 unspecified atom stereocenters. The van der Waals surface area contributed by atoms with Crippen LogP contribution in [0, 0.1) is 24.2 Å². The van der Waals surface area contributed by atoms with Gasteiger partial charge in [-0.15, -0.1) is 0 Å². The highest BCUT2D eigenvalue weighted by Crippen LogP contribution is 2.24. The normalized spacial score (nSPS) is 23.1. The van der Waals surface area contributed by atoms with E-state index in [-0.39, 0.29) is 17.5 Å². The van der Waals surface area contributed by atoms with Crippen LogP contribution in [0.2, 0.25) is 0 Å². The molecule has 1 heterocycles. The summed E-state index contributed by atoms with van der Waals surface area (Å²) in [5.74, 6) is 1.46. The molecule has 1 amide bonds. The van der Waals surface area contributed by atoms with Gasteiger partial charge in [0.25, 0.3) is 5.91 Å². The number of nitriles is 1. The Kier molecular flexibility index (Phi) is 4.62. The molecule has 2 atom stereocenters. The Hall–Kier alpha value is -2.02. The summed E-state index contributed by atoms with van der Waals surface area (Å²) in [4.78, 5) is 12.2. The summed E-state index contributed by atoms with van der Waals surface area (Å²) >= 11 is 0. The van der Waals surface area contributed by atoms with Crippen molar-refractivity contribution in [3.8, 4) is 6.07 Å². The lowest BCUT2D eigenvalue weighted by molar-refractivity contribution is -0.118. The number of hydrogen-bond donors (Lipinski definition) is 1. The number of rotatable bonds is 3. The standard InChI is InChI=1S/C16H20N2O2/c1-11-5-3-4-6-15(11)18-16(19)13(10-17)9-14-8-7-12(2)20-14/h7-9,11,15H,3-6H2,1-2H3,(H,18,19)/b13-9+/t11-,15-/m1/s1. The minimum Gasteiger partial charge on any atom is -0.462 e. The molecule has 106 valence electrons. The zero-order valence-corrected chi connectivity index (χ0v) is 12.0. The van der Waals surface area contributed by atoms with Gasteiger partial charge in [0, 0.05) is 12.1 Å². The molecule has 0 saturated heterocycles. The Balaban J connectivity index is 2.06. The van der Waals surface area contributed by atoms with Crippen molar-refractivity contribution in [2.45, 2.75) is 45.6 Å². The quantitative estimate of drug-likeness (QED) is 0.678. The van der Waals surface area contributed by atoms with Crippen LogP contribution in [-0.2, 0) is 4.79 Å². The number of carbonyl (C=O) groups excluding carboxylic acids is 1. The second-order valence-electron chi connectivity index (χ2n) is 5.46. The number of aryl methyl sites for hydroxylation is 1. The molecule has 0 radical (unpaired) electrons. The van der Waals surface area contributed by atoms with Crippen LogP contribution in [0.4, 0.5) is 0 Å². The summed E-state index contributed by atoms with van der Waals surface area (Å²) in [6, 6.07) is 5.69. The fourth-order valence-electron chi connectivity index (χ4n) is 2.60. The first-order valence-electron chi connectivity index (χ1n) is 7.09. The SMILES string of the molecule is Cc1ccc(/C=C(\C#N)C(=O)N[C@@H]2CCCC[C@H]2C)o1. The molecule has 1 aliphatic carbocycles. The van der Waals surface area contributed by atoms with Crippen LogP contribution in [0.25, 0.3) is 6.08 Å². The second-order valence-corrected chi connectivity index (χ2v) is 5.46. The van der Waals surface area contributed by atoms with E-state index in [2.05, 4.69) is 12.2 Å². The predicted octanol–water partition coefficient (Wildman–Crippen LogP) is 3.19. The number of furan rings is 1. The van der Waals surface area contributed by atoms with E-state index in [1.54, 1.807) is 6.07 Å². The lowest BCUT2D eigenvalue weighted by Gasteiger charge is -2.29. The van der Waals surface area contributed by atoms with Crippen molar-refractivity contribution in [2.24, 2.45) is 5.92 Å². The van der Waals surface area contributed by atoms with Gasteiger partial charge in [-0.2, -0.15) is 5.26 Å². The molecule has 4 heteroatoms. The molecule has 1 N–H and O–H groups in total. The van der Waals surface area contributed by atoms with Gasteiger partial charge >= 0.3 is 0 Å². The molecule has 0 bridgehead atoms. The van der Waals surface area contributed by atoms with Gasteiger partial charge < -0.3 is 9.73 Å². The molecule has 4 nitrogen and oxygen atoms in total. The largest absolute Gasteiger partial charge is 0.462 e. The number of nitrogens with one attached hydrogen (secondary N) is 1. The summed E-state index contributed by atoms with van der Waals surface area (Å²) in [7, 11) is 0. The van der Waals surface area contributed by atoms with Crippen LogP contribution in [0.1, 0.15) is 44.1 Å². The third-order valence-corrected chi connectivity index (χ3v) is 3.84. The van der Waals surface area contributed by atoms with Crippen LogP contribution in [0.3, 0.4) is 0 Å². The maximum Gasteiger partial charge on any atom is 0.262 e. The highest BCUT2D eigenvalue weighted by Gasteiger charge is 2.24. The Bertz CT molecular complexity index is 551. The third kappa shape index (κ3) is 3.51. The van der Waals surface area contributed by atoms with Crippen molar-refractivity contribution < 1.29 is 9.21 Å². The van der Waals surface area contributed by atoms with E-state index < -0.39 is 0 Å². The molecule has 1 aromatic rings. The summed E-state index contributed by atoms with van der Waals surface area (Å²) in [6.45, 7) is 3.98. The van der Waals surface area contributed by atoms with Gasteiger partial charge in [0.2, 0.25) is 0 Å². The van der Waals surface area contributed by atoms with E-state index in [1.807, 2.05) is 19.1 Å².